The van der Waals surface area contributed by atoms with Gasteiger partial charge in [0, 0.05) is 0 Å². The third-order valence-corrected chi connectivity index (χ3v) is 3.94. The van der Waals surface area contributed by atoms with Gasteiger partial charge in [0.25, 0.3) is 5.91 Å². The van der Waals surface area contributed by atoms with Crippen molar-refractivity contribution < 1.29 is 23.7 Å². The lowest BCUT2D eigenvalue weighted by atomic mass is 10.1. The van der Waals surface area contributed by atoms with Gasteiger partial charge in [-0.25, -0.2) is 0 Å². The fraction of sp³-hybridized carbons (Fsp3) is 0.350. The zero-order valence-electron chi connectivity index (χ0n) is 15.0. The van der Waals surface area contributed by atoms with Crippen molar-refractivity contribution in [1.29, 1.82) is 0 Å². The second-order valence-corrected chi connectivity index (χ2v) is 6.01. The van der Waals surface area contributed by atoms with Crippen LogP contribution in [0.25, 0.3) is 0 Å². The van der Waals surface area contributed by atoms with Gasteiger partial charge >= 0.3 is 0 Å². The molecular weight excluding hydrogens is 334 g/mol. The van der Waals surface area contributed by atoms with Crippen molar-refractivity contribution in [1.82, 2.24) is 5.32 Å². The maximum absolute atomic E-state index is 12.1. The van der Waals surface area contributed by atoms with Crippen LogP contribution in [0.3, 0.4) is 0 Å². The molecule has 2 aromatic carbocycles. The van der Waals surface area contributed by atoms with Crippen LogP contribution in [0.2, 0.25) is 0 Å². The molecule has 6 heteroatoms. The number of carbonyl (C=O) groups excluding carboxylic acids is 1. The summed E-state index contributed by atoms with van der Waals surface area (Å²) in [6.45, 7) is 4.83. The molecule has 6 nitrogen and oxygen atoms in total. The highest BCUT2D eigenvalue weighted by molar-refractivity contribution is 5.78. The van der Waals surface area contributed by atoms with Gasteiger partial charge in [-0.15, -0.1) is 0 Å². The lowest BCUT2D eigenvalue weighted by Crippen LogP contribution is -2.31. The molecule has 138 valence electrons. The zero-order valence-corrected chi connectivity index (χ0v) is 15.0. The van der Waals surface area contributed by atoms with Gasteiger partial charge in [0.1, 0.15) is 11.5 Å². The SMILES string of the molecule is CCCOc1ccc(OCC(=O)NC(C)c2ccc3c(c2)OCO3)cc1. The topological polar surface area (TPSA) is 66.0 Å². The van der Waals surface area contributed by atoms with Crippen LogP contribution in [0.4, 0.5) is 0 Å². The molecule has 2 aromatic rings. The van der Waals surface area contributed by atoms with E-state index in [0.29, 0.717) is 18.1 Å². The summed E-state index contributed by atoms with van der Waals surface area (Å²) >= 11 is 0. The number of rotatable bonds is 8. The first kappa shape index (κ1) is 17.9. The summed E-state index contributed by atoms with van der Waals surface area (Å²) in [5.74, 6) is 2.65. The Labute approximate surface area is 153 Å². The van der Waals surface area contributed by atoms with Gasteiger partial charge in [-0.1, -0.05) is 13.0 Å². The molecule has 1 aliphatic rings. The van der Waals surface area contributed by atoms with Crippen molar-refractivity contribution in [3.8, 4) is 23.0 Å². The molecule has 0 saturated heterocycles. The molecule has 1 unspecified atom stereocenters. The minimum absolute atomic E-state index is 0.0515. The van der Waals surface area contributed by atoms with E-state index in [1.165, 1.54) is 0 Å². The van der Waals surface area contributed by atoms with Crippen molar-refractivity contribution in [2.24, 2.45) is 0 Å². The molecule has 0 saturated carbocycles. The van der Waals surface area contributed by atoms with Gasteiger partial charge in [-0.3, -0.25) is 4.79 Å². The van der Waals surface area contributed by atoms with Crippen molar-refractivity contribution in [2.45, 2.75) is 26.3 Å². The predicted octanol–water partition coefficient (Wildman–Crippen LogP) is 3.46. The molecule has 1 atom stereocenters. The second-order valence-electron chi connectivity index (χ2n) is 6.01. The van der Waals surface area contributed by atoms with E-state index in [-0.39, 0.29) is 25.3 Å². The van der Waals surface area contributed by atoms with E-state index in [0.717, 1.165) is 23.5 Å². The Hall–Kier alpha value is -2.89. The minimum atomic E-state index is -0.193. The average Bonchev–Trinajstić information content (AvgIpc) is 3.13. The van der Waals surface area contributed by atoms with Crippen molar-refractivity contribution in [3.63, 3.8) is 0 Å². The molecule has 3 rings (SSSR count). The molecule has 0 aliphatic carbocycles. The van der Waals surface area contributed by atoms with Crippen molar-refractivity contribution in [3.05, 3.63) is 48.0 Å². The molecule has 1 aliphatic heterocycles. The number of hydrogen-bond acceptors (Lipinski definition) is 5. The van der Waals surface area contributed by atoms with E-state index >= 15 is 0 Å². The van der Waals surface area contributed by atoms with E-state index in [1.54, 1.807) is 12.1 Å². The molecular formula is C20H23NO5. The van der Waals surface area contributed by atoms with Crippen molar-refractivity contribution in [2.75, 3.05) is 20.0 Å². The normalized spacial score (nSPS) is 13.2. The smallest absolute Gasteiger partial charge is 0.258 e. The highest BCUT2D eigenvalue weighted by atomic mass is 16.7. The van der Waals surface area contributed by atoms with E-state index in [4.69, 9.17) is 18.9 Å². The number of hydrogen-bond donors (Lipinski definition) is 1. The maximum atomic E-state index is 12.1. The summed E-state index contributed by atoms with van der Waals surface area (Å²) < 4.78 is 21.7. The van der Waals surface area contributed by atoms with Crippen LogP contribution in [-0.4, -0.2) is 25.9 Å². The van der Waals surface area contributed by atoms with Crippen LogP contribution in [0, 0.1) is 0 Å². The van der Waals surface area contributed by atoms with Crippen molar-refractivity contribution >= 4 is 5.91 Å². The van der Waals surface area contributed by atoms with E-state index in [1.807, 2.05) is 37.3 Å². The van der Waals surface area contributed by atoms with E-state index in [9.17, 15) is 4.79 Å². The van der Waals surface area contributed by atoms with Gasteiger partial charge in [0.15, 0.2) is 18.1 Å². The molecule has 26 heavy (non-hydrogen) atoms. The molecule has 0 aromatic heterocycles. The first-order valence-electron chi connectivity index (χ1n) is 8.70. The first-order valence-corrected chi connectivity index (χ1v) is 8.70. The highest BCUT2D eigenvalue weighted by Crippen LogP contribution is 2.34. The number of ether oxygens (including phenoxy) is 4. The summed E-state index contributed by atoms with van der Waals surface area (Å²) in [5.41, 5.74) is 0.944. The molecule has 0 fully saturated rings. The fourth-order valence-electron chi connectivity index (χ4n) is 2.55. The van der Waals surface area contributed by atoms with Crippen LogP contribution in [-0.2, 0) is 4.79 Å². The number of fused-ring (bicyclic) bond motifs is 1. The minimum Gasteiger partial charge on any atom is -0.494 e. The average molecular weight is 357 g/mol. The second kappa shape index (κ2) is 8.47. The molecule has 0 spiro atoms. The first-order chi connectivity index (χ1) is 12.7. The Morgan fingerprint density at radius 2 is 1.77 bits per heavy atom. The number of carbonyl (C=O) groups is 1. The van der Waals surface area contributed by atoms with Crippen LogP contribution in [0.5, 0.6) is 23.0 Å². The van der Waals surface area contributed by atoms with Gasteiger partial charge in [-0.2, -0.15) is 0 Å². The molecule has 1 heterocycles. The number of amides is 1. The van der Waals surface area contributed by atoms with Crippen LogP contribution in [0.1, 0.15) is 31.9 Å². The molecule has 0 bridgehead atoms. The van der Waals surface area contributed by atoms with Gasteiger partial charge < -0.3 is 24.3 Å². The highest BCUT2D eigenvalue weighted by Gasteiger charge is 2.17. The predicted molar refractivity (Wildman–Crippen MR) is 96.8 cm³/mol. The quantitative estimate of drug-likeness (QED) is 0.784. The van der Waals surface area contributed by atoms with Crippen LogP contribution >= 0.6 is 0 Å². The molecule has 0 radical (unpaired) electrons. The monoisotopic (exact) mass is 357 g/mol. The Bertz CT molecular complexity index is 744. The summed E-state index contributed by atoms with van der Waals surface area (Å²) in [6.07, 6.45) is 0.958. The number of nitrogens with one attached hydrogen (secondary N) is 1. The van der Waals surface area contributed by atoms with Crippen LogP contribution < -0.4 is 24.3 Å². The van der Waals surface area contributed by atoms with E-state index < -0.39 is 0 Å². The van der Waals surface area contributed by atoms with Gasteiger partial charge in [-0.05, 0) is 55.3 Å². The Morgan fingerprint density at radius 3 is 2.50 bits per heavy atom. The number of benzene rings is 2. The lowest BCUT2D eigenvalue weighted by molar-refractivity contribution is -0.123. The Morgan fingerprint density at radius 1 is 1.08 bits per heavy atom. The molecule has 1 N–H and O–H groups in total. The summed E-state index contributed by atoms with van der Waals surface area (Å²) in [6, 6.07) is 12.7. The van der Waals surface area contributed by atoms with Gasteiger partial charge in [0.05, 0.1) is 12.6 Å². The summed E-state index contributed by atoms with van der Waals surface area (Å²) in [4.78, 5) is 12.1. The third kappa shape index (κ3) is 4.59. The summed E-state index contributed by atoms with van der Waals surface area (Å²) in [5, 5.41) is 2.91. The Kier molecular flexibility index (Phi) is 5.84. The lowest BCUT2D eigenvalue weighted by Gasteiger charge is -2.15. The maximum Gasteiger partial charge on any atom is 0.258 e. The zero-order chi connectivity index (χ0) is 18.4. The third-order valence-electron chi connectivity index (χ3n) is 3.94. The fourth-order valence-corrected chi connectivity index (χ4v) is 2.55. The van der Waals surface area contributed by atoms with Crippen LogP contribution in [0.15, 0.2) is 42.5 Å². The standard InChI is InChI=1S/C20H23NO5/c1-3-10-23-16-5-7-17(8-6-16)24-12-20(22)21-14(2)15-4-9-18-19(11-15)26-13-25-18/h4-9,11,14H,3,10,12-13H2,1-2H3,(H,21,22). The Balaban J connectivity index is 1.47. The van der Waals surface area contributed by atoms with E-state index in [2.05, 4.69) is 12.2 Å². The summed E-state index contributed by atoms with van der Waals surface area (Å²) in [7, 11) is 0. The largest absolute Gasteiger partial charge is 0.494 e. The molecule has 1 amide bonds. The van der Waals surface area contributed by atoms with Gasteiger partial charge in [0.2, 0.25) is 6.79 Å².